The van der Waals surface area contributed by atoms with E-state index >= 15 is 0 Å². The van der Waals surface area contributed by atoms with Crippen molar-refractivity contribution >= 4 is 15.8 Å². The number of hydrogen-bond donors (Lipinski definition) is 0. The summed E-state index contributed by atoms with van der Waals surface area (Å²) in [6.45, 7) is 0. The van der Waals surface area contributed by atoms with Gasteiger partial charge in [-0.25, -0.2) is 0 Å². The van der Waals surface area contributed by atoms with E-state index in [4.69, 9.17) is 4.18 Å². The molecule has 6 nitrogen and oxygen atoms in total. The molecule has 26 heavy (non-hydrogen) atoms. The summed E-state index contributed by atoms with van der Waals surface area (Å²) < 4.78 is 30.1. The summed E-state index contributed by atoms with van der Waals surface area (Å²) in [6, 6.07) is 21.5. The van der Waals surface area contributed by atoms with Crippen LogP contribution in [0.4, 0.5) is 5.69 Å². The number of nitro benzene ring substituents is 1. The van der Waals surface area contributed by atoms with Gasteiger partial charge in [-0.3, -0.25) is 10.1 Å². The highest BCUT2D eigenvalue weighted by Crippen LogP contribution is 2.31. The van der Waals surface area contributed by atoms with Crippen LogP contribution in [0.25, 0.3) is 11.1 Å². The first-order chi connectivity index (χ1) is 12.4. The van der Waals surface area contributed by atoms with Crippen molar-refractivity contribution in [2.45, 2.75) is 5.75 Å². The third-order valence-corrected chi connectivity index (χ3v) is 4.80. The molecule has 3 aromatic rings. The van der Waals surface area contributed by atoms with Crippen molar-refractivity contribution in [1.29, 1.82) is 0 Å². The summed E-state index contributed by atoms with van der Waals surface area (Å²) in [5, 5.41) is 10.7. The first-order valence-corrected chi connectivity index (χ1v) is 9.32. The maximum atomic E-state index is 12.4. The average Bonchev–Trinajstić information content (AvgIpc) is 2.62. The molecular formula is C19H15NO5S. The van der Waals surface area contributed by atoms with Crippen molar-refractivity contribution in [2.24, 2.45) is 0 Å². The van der Waals surface area contributed by atoms with Gasteiger partial charge in [0.05, 0.1) is 4.92 Å². The highest BCUT2D eigenvalue weighted by Gasteiger charge is 2.17. The van der Waals surface area contributed by atoms with E-state index < -0.39 is 15.0 Å². The molecule has 0 aliphatic heterocycles. The second-order valence-corrected chi connectivity index (χ2v) is 7.14. The van der Waals surface area contributed by atoms with Gasteiger partial charge in [-0.15, -0.1) is 0 Å². The van der Waals surface area contributed by atoms with Crippen molar-refractivity contribution in [3.05, 3.63) is 94.5 Å². The number of hydrogen-bond acceptors (Lipinski definition) is 5. The standard InChI is InChI=1S/C19H15NO5S/c21-20(22)17-12-10-15(11-13-17)14-26(23,24)25-19-9-5-4-8-18(19)16-6-2-1-3-7-16/h1-13H,14H2. The molecule has 0 saturated carbocycles. The normalized spacial score (nSPS) is 11.1. The molecule has 0 saturated heterocycles. The van der Waals surface area contributed by atoms with Gasteiger partial charge in [-0.05, 0) is 17.2 Å². The van der Waals surface area contributed by atoms with E-state index in [1.165, 1.54) is 24.3 Å². The summed E-state index contributed by atoms with van der Waals surface area (Å²) in [7, 11) is -3.92. The number of nitro groups is 1. The van der Waals surface area contributed by atoms with Gasteiger partial charge in [-0.1, -0.05) is 60.7 Å². The molecule has 0 aliphatic carbocycles. The van der Waals surface area contributed by atoms with Crippen molar-refractivity contribution in [2.75, 3.05) is 0 Å². The second-order valence-electron chi connectivity index (χ2n) is 5.57. The Morgan fingerprint density at radius 1 is 0.846 bits per heavy atom. The lowest BCUT2D eigenvalue weighted by molar-refractivity contribution is -0.384. The van der Waals surface area contributed by atoms with Crippen LogP contribution in [0.3, 0.4) is 0 Å². The summed E-state index contributed by atoms with van der Waals surface area (Å²) in [5.74, 6) is -0.144. The Kier molecular flexibility index (Phi) is 4.99. The van der Waals surface area contributed by atoms with Crippen molar-refractivity contribution in [3.63, 3.8) is 0 Å². The maximum absolute atomic E-state index is 12.4. The first kappa shape index (κ1) is 17.6. The molecule has 0 heterocycles. The predicted octanol–water partition coefficient (Wildman–Crippen LogP) is 4.17. The topological polar surface area (TPSA) is 86.5 Å². The molecule has 0 bridgehead atoms. The largest absolute Gasteiger partial charge is 0.382 e. The fraction of sp³-hybridized carbons (Fsp3) is 0.0526. The van der Waals surface area contributed by atoms with Crippen LogP contribution in [-0.2, 0) is 15.9 Å². The molecule has 0 unspecified atom stereocenters. The minimum atomic E-state index is -3.92. The molecule has 0 aromatic heterocycles. The zero-order valence-corrected chi connectivity index (χ0v) is 14.4. The molecular weight excluding hydrogens is 354 g/mol. The predicted molar refractivity (Wildman–Crippen MR) is 98.2 cm³/mol. The number of nitrogens with zero attached hydrogens (tertiary/aromatic N) is 1. The Hall–Kier alpha value is -3.19. The number of para-hydroxylation sites is 1. The molecule has 0 aliphatic rings. The fourth-order valence-electron chi connectivity index (χ4n) is 2.48. The highest BCUT2D eigenvalue weighted by atomic mass is 32.2. The van der Waals surface area contributed by atoms with Crippen LogP contribution in [0.5, 0.6) is 5.75 Å². The molecule has 7 heteroatoms. The quantitative estimate of drug-likeness (QED) is 0.370. The fourth-order valence-corrected chi connectivity index (χ4v) is 3.56. The van der Waals surface area contributed by atoms with Crippen LogP contribution in [0.15, 0.2) is 78.9 Å². The Morgan fingerprint density at radius 2 is 1.46 bits per heavy atom. The van der Waals surface area contributed by atoms with Crippen molar-refractivity contribution < 1.29 is 17.5 Å². The van der Waals surface area contributed by atoms with Crippen LogP contribution in [0.2, 0.25) is 0 Å². The average molecular weight is 369 g/mol. The van der Waals surface area contributed by atoms with E-state index in [9.17, 15) is 18.5 Å². The molecule has 0 fully saturated rings. The minimum absolute atomic E-state index is 0.0958. The van der Waals surface area contributed by atoms with E-state index in [-0.39, 0.29) is 17.2 Å². The molecule has 0 atom stereocenters. The van der Waals surface area contributed by atoms with Gasteiger partial charge in [-0.2, -0.15) is 8.42 Å². The monoisotopic (exact) mass is 369 g/mol. The van der Waals surface area contributed by atoms with Crippen LogP contribution >= 0.6 is 0 Å². The third kappa shape index (κ3) is 4.25. The van der Waals surface area contributed by atoms with E-state index in [1.807, 2.05) is 30.3 Å². The zero-order valence-electron chi connectivity index (χ0n) is 13.6. The Morgan fingerprint density at radius 3 is 2.12 bits per heavy atom. The van der Waals surface area contributed by atoms with Gasteiger partial charge in [0.15, 0.2) is 0 Å². The summed E-state index contributed by atoms with van der Waals surface area (Å²) in [6.07, 6.45) is 0. The van der Waals surface area contributed by atoms with Gasteiger partial charge in [0.25, 0.3) is 5.69 Å². The summed E-state index contributed by atoms with van der Waals surface area (Å²) >= 11 is 0. The zero-order chi connectivity index (χ0) is 18.6. The lowest BCUT2D eigenvalue weighted by Gasteiger charge is -2.11. The minimum Gasteiger partial charge on any atom is -0.382 e. The van der Waals surface area contributed by atoms with Crippen molar-refractivity contribution in [1.82, 2.24) is 0 Å². The van der Waals surface area contributed by atoms with Crippen molar-refractivity contribution in [3.8, 4) is 16.9 Å². The number of benzene rings is 3. The number of rotatable bonds is 6. The smallest absolute Gasteiger partial charge is 0.313 e. The van der Waals surface area contributed by atoms with E-state index in [1.54, 1.807) is 24.3 Å². The molecule has 3 aromatic carbocycles. The van der Waals surface area contributed by atoms with Crippen LogP contribution in [0, 0.1) is 10.1 Å². The Balaban J connectivity index is 1.83. The SMILES string of the molecule is O=[N+]([O-])c1ccc(CS(=O)(=O)Oc2ccccc2-c2ccccc2)cc1. The molecule has 0 N–H and O–H groups in total. The Bertz CT molecular complexity index is 1020. The van der Waals surface area contributed by atoms with E-state index in [2.05, 4.69) is 0 Å². The first-order valence-electron chi connectivity index (χ1n) is 7.74. The molecule has 0 amide bonds. The molecule has 0 spiro atoms. The molecule has 0 radical (unpaired) electrons. The lowest BCUT2D eigenvalue weighted by Crippen LogP contribution is -2.12. The van der Waals surface area contributed by atoms with Gasteiger partial charge < -0.3 is 4.18 Å². The Labute approximate surface area is 151 Å². The maximum Gasteiger partial charge on any atom is 0.313 e. The summed E-state index contributed by atoms with van der Waals surface area (Å²) in [4.78, 5) is 10.1. The summed E-state index contributed by atoms with van der Waals surface area (Å²) in [5.41, 5.74) is 1.82. The van der Waals surface area contributed by atoms with Gasteiger partial charge in [0.2, 0.25) is 0 Å². The number of non-ortho nitro benzene ring substituents is 1. The van der Waals surface area contributed by atoms with Crippen LogP contribution in [-0.4, -0.2) is 13.3 Å². The van der Waals surface area contributed by atoms with E-state index in [0.717, 1.165) is 5.56 Å². The lowest BCUT2D eigenvalue weighted by atomic mass is 10.1. The van der Waals surface area contributed by atoms with Gasteiger partial charge >= 0.3 is 10.1 Å². The van der Waals surface area contributed by atoms with Gasteiger partial charge in [0, 0.05) is 17.7 Å². The van der Waals surface area contributed by atoms with E-state index in [0.29, 0.717) is 11.1 Å². The van der Waals surface area contributed by atoms with Gasteiger partial charge in [0.1, 0.15) is 11.5 Å². The third-order valence-electron chi connectivity index (χ3n) is 3.68. The molecule has 132 valence electrons. The van der Waals surface area contributed by atoms with Crippen LogP contribution in [0.1, 0.15) is 5.56 Å². The second kappa shape index (κ2) is 7.37. The molecule has 3 rings (SSSR count). The van der Waals surface area contributed by atoms with Crippen LogP contribution < -0.4 is 4.18 Å². The highest BCUT2D eigenvalue weighted by molar-refractivity contribution is 7.86.